The first-order valence-corrected chi connectivity index (χ1v) is 11.1. The van der Waals surface area contributed by atoms with Gasteiger partial charge in [0.25, 0.3) is 0 Å². The van der Waals surface area contributed by atoms with Crippen LogP contribution in [0.4, 0.5) is 0 Å². The number of fused-ring (bicyclic) bond motifs is 10. The van der Waals surface area contributed by atoms with E-state index in [2.05, 4.69) is 19.1 Å². The molecule has 0 radical (unpaired) electrons. The monoisotopic (exact) mass is 364 g/mol. The maximum Gasteiger partial charge on any atom is 0.331 e. The molecule has 1 aliphatic heterocycles. The molecule has 0 aromatic rings. The second kappa shape index (κ2) is 4.44. The number of rotatable bonds is 0. The third kappa shape index (κ3) is 1.64. The Morgan fingerprint density at radius 2 is 1.93 bits per heavy atom. The fraction of sp³-hybridized carbons (Fsp3) is 0.750. The molecule has 0 aromatic heterocycles. The summed E-state index contributed by atoms with van der Waals surface area (Å²) in [6.45, 7) is 2.44. The van der Waals surface area contributed by atoms with Crippen molar-refractivity contribution in [3.8, 4) is 0 Å². The Hall–Kier alpha value is -1.38. The van der Waals surface area contributed by atoms with E-state index < -0.39 is 0 Å². The van der Waals surface area contributed by atoms with Crippen LogP contribution in [0.25, 0.3) is 0 Å². The number of esters is 1. The van der Waals surface area contributed by atoms with E-state index in [1.807, 2.05) is 0 Å². The van der Waals surface area contributed by atoms with E-state index in [9.17, 15) is 9.59 Å². The zero-order valence-corrected chi connectivity index (χ0v) is 16.1. The van der Waals surface area contributed by atoms with Gasteiger partial charge < -0.3 is 4.74 Å². The van der Waals surface area contributed by atoms with E-state index in [1.54, 1.807) is 11.6 Å². The molecule has 3 nitrogen and oxygen atoms in total. The lowest BCUT2D eigenvalue weighted by molar-refractivity contribution is -0.168. The maximum absolute atomic E-state index is 12.2. The van der Waals surface area contributed by atoms with Gasteiger partial charge in [-0.1, -0.05) is 12.5 Å². The summed E-state index contributed by atoms with van der Waals surface area (Å²) in [6.07, 6.45) is 15.3. The molecule has 6 aliphatic carbocycles. The summed E-state index contributed by atoms with van der Waals surface area (Å²) in [6, 6.07) is 0. The molecule has 1 heterocycles. The molecule has 0 N–H and O–H groups in total. The SMILES string of the molecule is C[C@]12CC[C@H]3[C@@H](CC4(CC4)C4=CC(=O)CC[C@@H]43)[C@@H]1[C@@H]1C[C@@H]1[C@@]21C=CC(=O)O1. The number of carbonyl (C=O) groups excluding carboxylic acids is 2. The van der Waals surface area contributed by atoms with Crippen LogP contribution in [0.2, 0.25) is 0 Å². The molecule has 0 amide bonds. The summed E-state index contributed by atoms with van der Waals surface area (Å²) >= 11 is 0. The topological polar surface area (TPSA) is 43.4 Å². The Bertz CT molecular complexity index is 848. The van der Waals surface area contributed by atoms with E-state index in [0.717, 1.165) is 30.6 Å². The van der Waals surface area contributed by atoms with Crippen molar-refractivity contribution in [3.63, 3.8) is 0 Å². The van der Waals surface area contributed by atoms with Gasteiger partial charge in [-0.15, -0.1) is 0 Å². The van der Waals surface area contributed by atoms with Crippen LogP contribution in [-0.4, -0.2) is 17.4 Å². The normalized spacial score (nSPS) is 55.5. The van der Waals surface area contributed by atoms with E-state index in [4.69, 9.17) is 4.74 Å². The Labute approximate surface area is 160 Å². The average Bonchev–Trinajstić information content (AvgIpc) is 3.54. The highest BCUT2D eigenvalue weighted by Crippen LogP contribution is 2.79. The van der Waals surface area contributed by atoms with Crippen molar-refractivity contribution in [1.82, 2.24) is 0 Å². The van der Waals surface area contributed by atoms with Crippen LogP contribution < -0.4 is 0 Å². The minimum absolute atomic E-state index is 0.117. The maximum atomic E-state index is 12.2. The third-order valence-corrected chi connectivity index (χ3v) is 10.3. The van der Waals surface area contributed by atoms with Crippen LogP contribution in [0.5, 0.6) is 0 Å². The van der Waals surface area contributed by atoms with Crippen molar-refractivity contribution in [2.75, 3.05) is 0 Å². The highest BCUT2D eigenvalue weighted by molar-refractivity contribution is 5.91. The van der Waals surface area contributed by atoms with Crippen LogP contribution in [0.1, 0.15) is 58.3 Å². The lowest BCUT2D eigenvalue weighted by atomic mass is 9.47. The predicted molar refractivity (Wildman–Crippen MR) is 99.5 cm³/mol. The molecule has 3 heteroatoms. The van der Waals surface area contributed by atoms with Crippen molar-refractivity contribution in [2.24, 2.45) is 46.3 Å². The molecule has 27 heavy (non-hydrogen) atoms. The summed E-state index contributed by atoms with van der Waals surface area (Å²) in [5.74, 6) is 4.45. The molecule has 0 aromatic carbocycles. The number of ketones is 1. The van der Waals surface area contributed by atoms with Crippen molar-refractivity contribution in [1.29, 1.82) is 0 Å². The number of hydrogen-bond donors (Lipinski definition) is 0. The Balaban J connectivity index is 1.32. The highest BCUT2D eigenvalue weighted by atomic mass is 16.6. The van der Waals surface area contributed by atoms with Gasteiger partial charge in [0.15, 0.2) is 5.78 Å². The minimum atomic E-state index is -0.306. The van der Waals surface area contributed by atoms with E-state index in [1.165, 1.54) is 38.5 Å². The van der Waals surface area contributed by atoms with E-state index in [-0.39, 0.29) is 17.0 Å². The summed E-state index contributed by atoms with van der Waals surface area (Å²) in [7, 11) is 0. The lowest BCUT2D eigenvalue weighted by Gasteiger charge is -2.58. The van der Waals surface area contributed by atoms with Crippen LogP contribution in [0, 0.1) is 46.3 Å². The van der Waals surface area contributed by atoms with Gasteiger partial charge in [-0.3, -0.25) is 4.79 Å². The fourth-order valence-electron chi connectivity index (χ4n) is 9.08. The minimum Gasteiger partial charge on any atom is -0.451 e. The molecule has 7 rings (SSSR count). The zero-order chi connectivity index (χ0) is 18.2. The first-order valence-electron chi connectivity index (χ1n) is 11.1. The van der Waals surface area contributed by atoms with Crippen molar-refractivity contribution < 1.29 is 14.3 Å². The van der Waals surface area contributed by atoms with Gasteiger partial charge in [-0.2, -0.15) is 0 Å². The molecule has 0 unspecified atom stereocenters. The molecule has 0 bridgehead atoms. The Morgan fingerprint density at radius 1 is 1.07 bits per heavy atom. The Kier molecular flexibility index (Phi) is 2.55. The van der Waals surface area contributed by atoms with Crippen LogP contribution in [0.15, 0.2) is 23.8 Å². The van der Waals surface area contributed by atoms with E-state index in [0.29, 0.717) is 29.0 Å². The molecule has 2 spiro atoms. The van der Waals surface area contributed by atoms with Crippen LogP contribution in [-0.2, 0) is 14.3 Å². The number of hydrogen-bond acceptors (Lipinski definition) is 3. The van der Waals surface area contributed by atoms with Gasteiger partial charge in [0, 0.05) is 23.8 Å². The van der Waals surface area contributed by atoms with Crippen molar-refractivity contribution in [2.45, 2.75) is 63.9 Å². The summed E-state index contributed by atoms with van der Waals surface area (Å²) in [5, 5.41) is 0. The first-order chi connectivity index (χ1) is 13.0. The molecule has 5 saturated carbocycles. The highest BCUT2D eigenvalue weighted by Gasteiger charge is 2.78. The molecule has 8 atom stereocenters. The number of allylic oxidation sites excluding steroid dienone is 1. The first kappa shape index (κ1) is 15.5. The van der Waals surface area contributed by atoms with Gasteiger partial charge in [-0.25, -0.2) is 4.79 Å². The van der Waals surface area contributed by atoms with Crippen molar-refractivity contribution >= 4 is 11.8 Å². The standard InChI is InChI=1S/C24H28O3/c1-22-6-4-14-15-3-2-13(25)10-18(15)23(8-9-23)12-17(14)21(22)16-11-19(16)24(22)7-5-20(26)27-24/h5,7,10,14-17,19,21H,2-4,6,8-9,11-12H2,1H3/t14-,15-,16-,17-,19+,21+,22+,24+/m1/s1. The second-order valence-electron chi connectivity index (χ2n) is 11.1. The van der Waals surface area contributed by atoms with Gasteiger partial charge >= 0.3 is 5.97 Å². The molecular weight excluding hydrogens is 336 g/mol. The zero-order valence-electron chi connectivity index (χ0n) is 16.1. The summed E-state index contributed by atoms with van der Waals surface area (Å²) in [4.78, 5) is 24.2. The van der Waals surface area contributed by atoms with Crippen LogP contribution >= 0.6 is 0 Å². The summed E-state index contributed by atoms with van der Waals surface area (Å²) < 4.78 is 6.10. The average molecular weight is 364 g/mol. The largest absolute Gasteiger partial charge is 0.451 e. The van der Waals surface area contributed by atoms with Gasteiger partial charge in [0.2, 0.25) is 0 Å². The fourth-order valence-corrected chi connectivity index (χ4v) is 9.08. The van der Waals surface area contributed by atoms with Gasteiger partial charge in [0.05, 0.1) is 0 Å². The van der Waals surface area contributed by atoms with Crippen LogP contribution in [0.3, 0.4) is 0 Å². The molecule has 7 aliphatic rings. The predicted octanol–water partition coefficient (Wildman–Crippen LogP) is 4.23. The molecular formula is C24H28O3. The molecule has 142 valence electrons. The Morgan fingerprint density at radius 3 is 2.67 bits per heavy atom. The van der Waals surface area contributed by atoms with E-state index >= 15 is 0 Å². The smallest absolute Gasteiger partial charge is 0.331 e. The number of carbonyl (C=O) groups is 2. The van der Waals surface area contributed by atoms with Gasteiger partial charge in [0.1, 0.15) is 5.60 Å². The summed E-state index contributed by atoms with van der Waals surface area (Å²) in [5.41, 5.74) is 1.73. The van der Waals surface area contributed by atoms with Crippen molar-refractivity contribution in [3.05, 3.63) is 23.8 Å². The van der Waals surface area contributed by atoms with Gasteiger partial charge in [-0.05, 0) is 92.1 Å². The lowest BCUT2D eigenvalue weighted by Crippen LogP contribution is -2.55. The second-order valence-corrected chi connectivity index (χ2v) is 11.1. The quantitative estimate of drug-likeness (QED) is 0.604. The molecule has 0 saturated heterocycles. The molecule has 5 fully saturated rings. The third-order valence-electron chi connectivity index (χ3n) is 10.3. The number of ether oxygens (including phenoxy) is 1.